The van der Waals surface area contributed by atoms with E-state index in [4.69, 9.17) is 0 Å². The number of amides is 1. The van der Waals surface area contributed by atoms with E-state index in [1.165, 1.54) is 12.1 Å². The lowest BCUT2D eigenvalue weighted by Gasteiger charge is -2.22. The Morgan fingerprint density at radius 2 is 1.77 bits per heavy atom. The van der Waals surface area contributed by atoms with Gasteiger partial charge in [-0.3, -0.25) is 4.79 Å². The van der Waals surface area contributed by atoms with Gasteiger partial charge >= 0.3 is 6.18 Å². The molecule has 1 aliphatic rings. The Hall–Kier alpha value is -2.76. The zero-order valence-corrected chi connectivity index (χ0v) is 16.9. The van der Waals surface area contributed by atoms with Crippen molar-refractivity contribution in [3.8, 4) is 0 Å². The molecule has 1 amide bonds. The first kappa shape index (κ1) is 20.5. The molecule has 1 aliphatic carbocycles. The van der Waals surface area contributed by atoms with Crippen molar-refractivity contribution < 1.29 is 18.0 Å². The van der Waals surface area contributed by atoms with Gasteiger partial charge in [0, 0.05) is 22.5 Å². The van der Waals surface area contributed by atoms with Crippen molar-refractivity contribution in [2.75, 3.05) is 0 Å². The average Bonchev–Trinajstić information content (AvgIpc) is 3.39. The maximum Gasteiger partial charge on any atom is 0.416 e. The maximum absolute atomic E-state index is 13.0. The predicted molar refractivity (Wildman–Crippen MR) is 111 cm³/mol. The minimum absolute atomic E-state index is 0.0295. The van der Waals surface area contributed by atoms with Crippen LogP contribution in [-0.2, 0) is 17.4 Å². The number of hydrogen-bond donors (Lipinski definition) is 2. The molecule has 158 valence electrons. The lowest BCUT2D eigenvalue weighted by atomic mass is 9.96. The lowest BCUT2D eigenvalue weighted by Crippen LogP contribution is -2.34. The molecule has 3 nitrogen and oxygen atoms in total. The summed E-state index contributed by atoms with van der Waals surface area (Å²) in [4.78, 5) is 16.4. The van der Waals surface area contributed by atoms with Gasteiger partial charge in [-0.1, -0.05) is 50.1 Å². The fraction of sp³-hybridized carbons (Fsp3) is 0.375. The Balaban J connectivity index is 1.77. The average molecular weight is 414 g/mol. The van der Waals surface area contributed by atoms with Crippen LogP contribution in [0, 0.1) is 5.92 Å². The number of aromatic amines is 1. The third kappa shape index (κ3) is 3.95. The van der Waals surface area contributed by atoms with Crippen molar-refractivity contribution in [3.63, 3.8) is 0 Å². The van der Waals surface area contributed by atoms with Crippen LogP contribution in [0.5, 0.6) is 0 Å². The number of halogens is 3. The summed E-state index contributed by atoms with van der Waals surface area (Å²) in [5, 5.41) is 4.21. The molecule has 30 heavy (non-hydrogen) atoms. The Labute approximate surface area is 173 Å². The van der Waals surface area contributed by atoms with Gasteiger partial charge in [-0.05, 0) is 48.6 Å². The van der Waals surface area contributed by atoms with Gasteiger partial charge in [0.15, 0.2) is 0 Å². The number of alkyl halides is 3. The lowest BCUT2D eigenvalue weighted by molar-refractivity contribution is -0.137. The van der Waals surface area contributed by atoms with Crippen molar-refractivity contribution in [3.05, 3.63) is 70.9 Å². The molecule has 1 atom stereocenters. The van der Waals surface area contributed by atoms with E-state index in [2.05, 4.69) is 10.3 Å². The van der Waals surface area contributed by atoms with E-state index in [9.17, 15) is 18.0 Å². The van der Waals surface area contributed by atoms with E-state index in [-0.39, 0.29) is 11.8 Å². The number of carbonyl (C=O) groups excluding carboxylic acids is 1. The molecule has 1 aromatic heterocycles. The second-order valence-electron chi connectivity index (χ2n) is 7.96. The van der Waals surface area contributed by atoms with Gasteiger partial charge in [-0.2, -0.15) is 13.2 Å². The molecule has 2 aromatic carbocycles. The zero-order chi connectivity index (χ0) is 21.3. The van der Waals surface area contributed by atoms with Crippen LogP contribution in [-0.4, -0.2) is 10.9 Å². The molecule has 1 fully saturated rings. The van der Waals surface area contributed by atoms with Crippen LogP contribution in [0.2, 0.25) is 0 Å². The molecule has 1 saturated carbocycles. The molecule has 4 rings (SSSR count). The van der Waals surface area contributed by atoms with Gasteiger partial charge in [-0.15, -0.1) is 0 Å². The number of aryl methyl sites for hydroxylation is 1. The summed E-state index contributed by atoms with van der Waals surface area (Å²) in [6.45, 7) is 2.04. The molecule has 3 aromatic rings. The van der Waals surface area contributed by atoms with Crippen LogP contribution in [0.25, 0.3) is 10.9 Å². The normalized spacial score (nSPS) is 16.1. The molecular weight excluding hydrogens is 389 g/mol. The monoisotopic (exact) mass is 414 g/mol. The van der Waals surface area contributed by atoms with Gasteiger partial charge in [-0.25, -0.2) is 0 Å². The fourth-order valence-corrected chi connectivity index (χ4v) is 4.48. The minimum Gasteiger partial charge on any atom is -0.356 e. The standard InChI is InChI=1S/C24H25F3N2O/c1-2-18-19-9-5-6-10-20(19)28-22(18)21(29-23(30)16-7-3-4-8-16)15-11-13-17(14-12-15)24(25,26)27/h5-6,9-14,16,21,28H,2-4,7-8H2,1H3,(H,29,30). The van der Waals surface area contributed by atoms with Crippen LogP contribution < -0.4 is 5.32 Å². The second-order valence-corrected chi connectivity index (χ2v) is 7.96. The van der Waals surface area contributed by atoms with Gasteiger partial charge in [0.25, 0.3) is 0 Å². The first-order valence-corrected chi connectivity index (χ1v) is 10.5. The quantitative estimate of drug-likeness (QED) is 0.517. The molecule has 1 unspecified atom stereocenters. The Morgan fingerprint density at radius 3 is 2.40 bits per heavy atom. The van der Waals surface area contributed by atoms with Crippen molar-refractivity contribution in [1.29, 1.82) is 0 Å². The molecule has 6 heteroatoms. The summed E-state index contributed by atoms with van der Waals surface area (Å²) in [5.74, 6) is -0.0606. The van der Waals surface area contributed by atoms with Crippen molar-refractivity contribution in [2.45, 2.75) is 51.2 Å². The topological polar surface area (TPSA) is 44.9 Å². The van der Waals surface area contributed by atoms with Crippen molar-refractivity contribution >= 4 is 16.8 Å². The molecule has 0 aliphatic heterocycles. The Bertz CT molecular complexity index is 1030. The van der Waals surface area contributed by atoms with Crippen molar-refractivity contribution in [2.24, 2.45) is 5.92 Å². The number of benzene rings is 2. The van der Waals surface area contributed by atoms with E-state index in [0.29, 0.717) is 5.56 Å². The fourth-order valence-electron chi connectivity index (χ4n) is 4.48. The van der Waals surface area contributed by atoms with Gasteiger partial charge in [0.1, 0.15) is 0 Å². The summed E-state index contributed by atoms with van der Waals surface area (Å²) >= 11 is 0. The summed E-state index contributed by atoms with van der Waals surface area (Å²) in [5.41, 5.74) is 2.80. The third-order valence-corrected chi connectivity index (χ3v) is 6.07. The molecule has 1 heterocycles. The summed E-state index contributed by atoms with van der Waals surface area (Å²) in [7, 11) is 0. The van der Waals surface area contributed by atoms with Crippen molar-refractivity contribution in [1.82, 2.24) is 10.3 Å². The maximum atomic E-state index is 13.0. The number of nitrogens with one attached hydrogen (secondary N) is 2. The van der Waals surface area contributed by atoms with Gasteiger partial charge in [0.05, 0.1) is 11.6 Å². The van der Waals surface area contributed by atoms with E-state index < -0.39 is 17.8 Å². The Kier molecular flexibility index (Phi) is 5.58. The van der Waals surface area contributed by atoms with E-state index in [1.54, 1.807) is 0 Å². The van der Waals surface area contributed by atoms with Crippen LogP contribution in [0.4, 0.5) is 13.2 Å². The number of carbonyl (C=O) groups is 1. The Morgan fingerprint density at radius 1 is 1.10 bits per heavy atom. The number of fused-ring (bicyclic) bond motifs is 1. The highest BCUT2D eigenvalue weighted by molar-refractivity contribution is 5.86. The molecule has 0 radical (unpaired) electrons. The third-order valence-electron chi connectivity index (χ3n) is 6.07. The molecule has 0 saturated heterocycles. The predicted octanol–water partition coefficient (Wildman–Crippen LogP) is 6.14. The highest BCUT2D eigenvalue weighted by Gasteiger charge is 2.32. The van der Waals surface area contributed by atoms with E-state index in [1.807, 2.05) is 31.2 Å². The highest BCUT2D eigenvalue weighted by Crippen LogP contribution is 2.34. The smallest absolute Gasteiger partial charge is 0.356 e. The van der Waals surface area contributed by atoms with Crippen LogP contribution in [0.1, 0.15) is 61.0 Å². The summed E-state index contributed by atoms with van der Waals surface area (Å²) in [6.07, 6.45) is 0.148. The molecule has 0 spiro atoms. The summed E-state index contributed by atoms with van der Waals surface area (Å²) < 4.78 is 39.1. The molecule has 2 N–H and O–H groups in total. The number of para-hydroxylation sites is 1. The molecule has 0 bridgehead atoms. The van der Waals surface area contributed by atoms with E-state index in [0.717, 1.165) is 66.4 Å². The van der Waals surface area contributed by atoms with Gasteiger partial charge in [0.2, 0.25) is 5.91 Å². The number of hydrogen-bond acceptors (Lipinski definition) is 1. The summed E-state index contributed by atoms with van der Waals surface area (Å²) in [6, 6.07) is 12.5. The second kappa shape index (κ2) is 8.17. The van der Waals surface area contributed by atoms with E-state index >= 15 is 0 Å². The van der Waals surface area contributed by atoms with Crippen LogP contribution in [0.15, 0.2) is 48.5 Å². The zero-order valence-electron chi connectivity index (χ0n) is 16.9. The highest BCUT2D eigenvalue weighted by atomic mass is 19.4. The number of H-pyrrole nitrogens is 1. The SMILES string of the molecule is CCc1c(C(NC(=O)C2CCCC2)c2ccc(C(F)(F)F)cc2)[nH]c2ccccc12. The van der Waals surface area contributed by atoms with Crippen LogP contribution >= 0.6 is 0 Å². The number of rotatable bonds is 5. The first-order chi connectivity index (χ1) is 14.4. The van der Waals surface area contributed by atoms with Crippen LogP contribution in [0.3, 0.4) is 0 Å². The largest absolute Gasteiger partial charge is 0.416 e. The number of aromatic nitrogens is 1. The first-order valence-electron chi connectivity index (χ1n) is 10.5. The molecular formula is C24H25F3N2O. The van der Waals surface area contributed by atoms with Gasteiger partial charge < -0.3 is 10.3 Å². The minimum atomic E-state index is -4.39.